The van der Waals surface area contributed by atoms with Gasteiger partial charge in [-0.25, -0.2) is 0 Å². The number of aryl methyl sites for hydroxylation is 1. The fourth-order valence-corrected chi connectivity index (χ4v) is 10.9. The molecule has 7 rings (SSSR count). The summed E-state index contributed by atoms with van der Waals surface area (Å²) in [5.41, 5.74) is 2.93. The van der Waals surface area contributed by atoms with Crippen molar-refractivity contribution >= 4 is 43.1 Å². The van der Waals surface area contributed by atoms with Crippen LogP contribution in [0.1, 0.15) is 50.9 Å². The number of hydrogen-bond acceptors (Lipinski definition) is 10. The van der Waals surface area contributed by atoms with Crippen molar-refractivity contribution in [1.82, 2.24) is 15.0 Å². The van der Waals surface area contributed by atoms with Crippen molar-refractivity contribution in [2.75, 3.05) is 36.4 Å². The fraction of sp³-hybridized carbons (Fsp3) is 0.326. The van der Waals surface area contributed by atoms with Gasteiger partial charge in [0, 0.05) is 65.3 Å². The van der Waals surface area contributed by atoms with E-state index >= 15 is 4.79 Å². The topological polar surface area (TPSA) is 177 Å². The maximum absolute atomic E-state index is 15.1. The number of aliphatic hydroxyl groups excluding tert-OH is 1. The van der Waals surface area contributed by atoms with Crippen LogP contribution in [0, 0.1) is 5.92 Å². The van der Waals surface area contributed by atoms with E-state index in [4.69, 9.17) is 14.2 Å². The SMILES string of the molecule is COc1ccc(C(=O)Nc2ccc(CN3C(=O)[C@@]4(O[C@@H](CCn5cc(CCO)nn5)[C@H]([Si](C)(C)O)[C@H]4C)c4cc(NC(=O)c5ccc(OC)cc5)ccc43)cc2)cc1. The third-order valence-corrected chi connectivity index (χ3v) is 13.6. The Labute approximate surface area is 337 Å². The Kier molecular flexibility index (Phi) is 11.5. The highest BCUT2D eigenvalue weighted by molar-refractivity contribution is 6.71. The minimum Gasteiger partial charge on any atom is -0.497 e. The summed E-state index contributed by atoms with van der Waals surface area (Å²) in [4.78, 5) is 55.0. The Hall–Kier alpha value is -5.87. The lowest BCUT2D eigenvalue weighted by atomic mass is 9.82. The molecule has 4 N–H and O–H groups in total. The first-order valence-corrected chi connectivity index (χ1v) is 22.2. The van der Waals surface area contributed by atoms with Gasteiger partial charge in [-0.15, -0.1) is 5.10 Å². The standard InChI is InChI=1S/C43H48N6O8Si/c1-27-39(58(4,5)54)38(20-22-48-26-33(21-23-50)46-47-48)57-43(27)36-24-32(45-41(52)30-10-17-35(56-3)18-11-30)14-19-37(36)49(42(43)53)25-28-6-12-31(13-7-28)44-40(51)29-8-15-34(55-2)16-9-29/h6-19,24,26-27,38-39,50,54H,20-23,25H2,1-5H3,(H,44,51)(H,45,52)/t27-,38+,39-,43+/m1/s1. The summed E-state index contributed by atoms with van der Waals surface area (Å²) in [6, 6.07) is 26.3. The molecule has 1 spiro atoms. The van der Waals surface area contributed by atoms with E-state index in [2.05, 4.69) is 20.9 Å². The van der Waals surface area contributed by atoms with Crippen molar-refractivity contribution in [3.05, 3.63) is 125 Å². The molecule has 0 unspecified atom stereocenters. The first-order valence-electron chi connectivity index (χ1n) is 19.2. The van der Waals surface area contributed by atoms with Crippen molar-refractivity contribution in [3.8, 4) is 11.5 Å². The number of anilines is 3. The van der Waals surface area contributed by atoms with E-state index < -0.39 is 25.9 Å². The largest absolute Gasteiger partial charge is 0.497 e. The van der Waals surface area contributed by atoms with Crippen LogP contribution >= 0.6 is 0 Å². The maximum atomic E-state index is 15.1. The van der Waals surface area contributed by atoms with Gasteiger partial charge in [0.05, 0.1) is 38.2 Å². The number of aromatic nitrogens is 3. The number of amides is 3. The van der Waals surface area contributed by atoms with Crippen LogP contribution in [0.4, 0.5) is 17.1 Å². The maximum Gasteiger partial charge on any atom is 0.264 e. The molecule has 302 valence electrons. The van der Waals surface area contributed by atoms with Gasteiger partial charge in [-0.2, -0.15) is 0 Å². The molecule has 14 nitrogen and oxygen atoms in total. The molecule has 0 saturated carbocycles. The lowest BCUT2D eigenvalue weighted by Gasteiger charge is -2.32. The molecular weight excluding hydrogens is 757 g/mol. The smallest absolute Gasteiger partial charge is 0.264 e. The van der Waals surface area contributed by atoms with E-state index in [0.29, 0.717) is 70.3 Å². The van der Waals surface area contributed by atoms with Crippen molar-refractivity contribution in [2.24, 2.45) is 5.92 Å². The van der Waals surface area contributed by atoms with Gasteiger partial charge in [-0.3, -0.25) is 19.1 Å². The highest BCUT2D eigenvalue weighted by Gasteiger charge is 2.66. The highest BCUT2D eigenvalue weighted by atomic mass is 28.4. The van der Waals surface area contributed by atoms with Gasteiger partial charge in [0.15, 0.2) is 13.9 Å². The number of aliphatic hydroxyl groups is 1. The second-order valence-electron chi connectivity index (χ2n) is 15.3. The Morgan fingerprint density at radius 2 is 1.47 bits per heavy atom. The summed E-state index contributed by atoms with van der Waals surface area (Å²) in [5.74, 6) is -0.0149. The minimum absolute atomic E-state index is 0.0390. The molecule has 15 heteroatoms. The number of carbonyl (C=O) groups is 3. The Morgan fingerprint density at radius 1 is 0.879 bits per heavy atom. The number of fused-ring (bicyclic) bond motifs is 2. The van der Waals surface area contributed by atoms with Crippen molar-refractivity contribution in [1.29, 1.82) is 0 Å². The summed E-state index contributed by atoms with van der Waals surface area (Å²) in [6.45, 7) is 6.31. The zero-order chi connectivity index (χ0) is 41.2. The number of nitrogens with one attached hydrogen (secondary N) is 2. The van der Waals surface area contributed by atoms with Gasteiger partial charge in [0.2, 0.25) is 0 Å². The van der Waals surface area contributed by atoms with Crippen LogP contribution in [0.15, 0.2) is 97.2 Å². The predicted molar refractivity (Wildman–Crippen MR) is 221 cm³/mol. The van der Waals surface area contributed by atoms with Crippen molar-refractivity contribution in [3.63, 3.8) is 0 Å². The van der Waals surface area contributed by atoms with E-state index in [0.717, 1.165) is 5.56 Å². The molecule has 2 aliphatic rings. The second-order valence-corrected chi connectivity index (χ2v) is 19.3. The summed E-state index contributed by atoms with van der Waals surface area (Å²) in [7, 11) is 0.155. The quantitative estimate of drug-likeness (QED) is 0.101. The number of ether oxygens (including phenoxy) is 3. The van der Waals surface area contributed by atoms with Gasteiger partial charge in [-0.1, -0.05) is 24.3 Å². The molecule has 5 aromatic rings. The van der Waals surface area contributed by atoms with Gasteiger partial charge in [0.25, 0.3) is 17.7 Å². The Balaban J connectivity index is 1.19. The first kappa shape index (κ1) is 40.3. The lowest BCUT2D eigenvalue weighted by molar-refractivity contribution is -0.146. The number of methoxy groups -OCH3 is 2. The Morgan fingerprint density at radius 3 is 2.03 bits per heavy atom. The van der Waals surface area contributed by atoms with E-state index in [-0.39, 0.29) is 36.4 Å². The summed E-state index contributed by atoms with van der Waals surface area (Å²) < 4.78 is 19.2. The van der Waals surface area contributed by atoms with Crippen LogP contribution in [0.3, 0.4) is 0 Å². The third kappa shape index (κ3) is 7.98. The van der Waals surface area contributed by atoms with Crippen LogP contribution < -0.4 is 25.0 Å². The normalized spacial score (nSPS) is 19.9. The number of carbonyl (C=O) groups excluding carboxylic acids is 3. The molecule has 0 aliphatic carbocycles. The molecule has 3 amide bonds. The molecule has 1 aromatic heterocycles. The monoisotopic (exact) mass is 804 g/mol. The number of nitrogens with zero attached hydrogens (tertiary/aromatic N) is 4. The Bertz CT molecular complexity index is 2280. The number of rotatable bonds is 14. The van der Waals surface area contributed by atoms with Crippen LogP contribution in [0.25, 0.3) is 0 Å². The number of hydrogen-bond donors (Lipinski definition) is 4. The third-order valence-electron chi connectivity index (χ3n) is 11.1. The van der Waals surface area contributed by atoms with Crippen LogP contribution in [0.5, 0.6) is 11.5 Å². The molecule has 0 radical (unpaired) electrons. The minimum atomic E-state index is -2.97. The molecule has 3 heterocycles. The zero-order valence-corrected chi connectivity index (χ0v) is 34.1. The second kappa shape index (κ2) is 16.5. The molecule has 1 fully saturated rings. The average molecular weight is 805 g/mol. The zero-order valence-electron chi connectivity index (χ0n) is 33.1. The van der Waals surface area contributed by atoms with Gasteiger partial charge in [0.1, 0.15) is 11.5 Å². The van der Waals surface area contributed by atoms with E-state index in [1.807, 2.05) is 44.3 Å². The van der Waals surface area contributed by atoms with Crippen molar-refractivity contribution < 1.29 is 38.5 Å². The van der Waals surface area contributed by atoms with Gasteiger partial charge in [-0.05, 0) is 104 Å². The van der Waals surface area contributed by atoms with Gasteiger partial charge < -0.3 is 39.6 Å². The fourth-order valence-electron chi connectivity index (χ4n) is 8.29. The van der Waals surface area contributed by atoms with Crippen LogP contribution in [0.2, 0.25) is 18.6 Å². The average Bonchev–Trinajstić information content (AvgIpc) is 3.87. The molecule has 1 saturated heterocycles. The summed E-state index contributed by atoms with van der Waals surface area (Å²) in [6.07, 6.45) is 2.12. The van der Waals surface area contributed by atoms with E-state index in [9.17, 15) is 19.5 Å². The van der Waals surface area contributed by atoms with E-state index in [1.54, 1.807) is 96.7 Å². The molecule has 4 aromatic carbocycles. The molecule has 2 aliphatic heterocycles. The molecule has 4 atom stereocenters. The summed E-state index contributed by atoms with van der Waals surface area (Å²) in [5, 5.41) is 23.6. The van der Waals surface area contributed by atoms with E-state index in [1.165, 1.54) is 0 Å². The molecule has 0 bridgehead atoms. The summed E-state index contributed by atoms with van der Waals surface area (Å²) >= 11 is 0. The lowest BCUT2D eigenvalue weighted by Crippen LogP contribution is -2.46. The number of benzene rings is 4. The molecular formula is C43H48N6O8Si. The van der Waals surface area contributed by atoms with Crippen LogP contribution in [-0.4, -0.2) is 77.9 Å². The highest BCUT2D eigenvalue weighted by Crippen LogP contribution is 2.60. The van der Waals surface area contributed by atoms with Crippen LogP contribution in [-0.2, 0) is 34.6 Å². The molecule has 58 heavy (non-hydrogen) atoms. The van der Waals surface area contributed by atoms with Crippen molar-refractivity contribution in [2.45, 2.75) is 63.2 Å². The first-order chi connectivity index (χ1) is 27.8. The predicted octanol–water partition coefficient (Wildman–Crippen LogP) is 5.77. The van der Waals surface area contributed by atoms with Gasteiger partial charge >= 0.3 is 0 Å².